The Bertz CT molecular complexity index is 1190. The summed E-state index contributed by atoms with van der Waals surface area (Å²) in [6.45, 7) is 12.2. The summed E-state index contributed by atoms with van der Waals surface area (Å²) in [5.41, 5.74) is 1.46. The van der Waals surface area contributed by atoms with Gasteiger partial charge in [-0.3, -0.25) is 9.69 Å². The minimum Gasteiger partial charge on any atom is -0.342 e. The number of hydrogen-bond acceptors (Lipinski definition) is 7. The molecule has 2 aromatic rings. The molecule has 2 aliphatic rings. The molecular formula is C23H31N5O3S2. The number of amidine groups is 1. The molecule has 1 aromatic heterocycles. The number of piperidine rings is 1. The molecule has 3 heterocycles. The Balaban J connectivity index is 1.46. The number of rotatable bonds is 4. The quantitative estimate of drug-likeness (QED) is 0.659. The van der Waals surface area contributed by atoms with Gasteiger partial charge in [-0.25, -0.2) is 4.98 Å². The number of carbonyl (C=O) groups is 1. The highest BCUT2D eigenvalue weighted by atomic mass is 32.2. The molecule has 0 spiro atoms. The van der Waals surface area contributed by atoms with Crippen molar-refractivity contribution < 1.29 is 13.2 Å². The van der Waals surface area contributed by atoms with E-state index >= 15 is 0 Å². The molecular weight excluding hydrogens is 458 g/mol. The summed E-state index contributed by atoms with van der Waals surface area (Å²) in [6.07, 6.45) is 3.39. The van der Waals surface area contributed by atoms with Crippen LogP contribution in [0.4, 0.5) is 10.8 Å². The zero-order valence-electron chi connectivity index (χ0n) is 19.7. The van der Waals surface area contributed by atoms with E-state index in [0.717, 1.165) is 36.4 Å². The van der Waals surface area contributed by atoms with Gasteiger partial charge in [0.1, 0.15) is 10.7 Å². The topological polar surface area (TPSA) is 104 Å². The lowest BCUT2D eigenvalue weighted by atomic mass is 9.92. The van der Waals surface area contributed by atoms with Crippen LogP contribution in [0.2, 0.25) is 0 Å². The third-order valence-electron chi connectivity index (χ3n) is 6.12. The maximum atomic E-state index is 12.8. The summed E-state index contributed by atoms with van der Waals surface area (Å²) in [4.78, 5) is 20.6. The summed E-state index contributed by atoms with van der Waals surface area (Å²) in [7, 11) is -3.72. The van der Waals surface area contributed by atoms with Crippen LogP contribution in [-0.4, -0.2) is 48.7 Å². The summed E-state index contributed by atoms with van der Waals surface area (Å²) in [6, 6.07) is 5.11. The lowest BCUT2D eigenvalue weighted by Gasteiger charge is -2.40. The van der Waals surface area contributed by atoms with Crippen molar-refractivity contribution in [3.05, 3.63) is 24.4 Å². The van der Waals surface area contributed by atoms with Gasteiger partial charge in [-0.15, -0.1) is 4.40 Å². The van der Waals surface area contributed by atoms with Crippen molar-refractivity contribution in [1.29, 1.82) is 0 Å². The number of amides is 1. The van der Waals surface area contributed by atoms with Crippen molar-refractivity contribution >= 4 is 43.9 Å². The van der Waals surface area contributed by atoms with Crippen LogP contribution >= 0.6 is 11.3 Å². The van der Waals surface area contributed by atoms with Crippen LogP contribution in [0.1, 0.15) is 47.5 Å². The monoisotopic (exact) mass is 489 g/mol. The molecule has 4 rings (SSSR count). The van der Waals surface area contributed by atoms with Crippen LogP contribution in [0, 0.1) is 11.8 Å². The Morgan fingerprint density at radius 3 is 2.58 bits per heavy atom. The molecule has 0 radical (unpaired) electrons. The van der Waals surface area contributed by atoms with E-state index in [2.05, 4.69) is 45.7 Å². The van der Waals surface area contributed by atoms with Crippen molar-refractivity contribution in [2.75, 3.05) is 23.7 Å². The van der Waals surface area contributed by atoms with Crippen molar-refractivity contribution in [1.82, 2.24) is 9.88 Å². The van der Waals surface area contributed by atoms with Crippen molar-refractivity contribution in [2.24, 2.45) is 16.2 Å². The standard InChI is InChI=1S/C23H31N5O3S2/c1-14(2)20-25-17-12-16(6-7-19(17)33(30,31)27-20)18-13-24-22(32-18)26-21(29)15-8-10-28(11-9-15)23(3,4)5/h6-7,12-15H,8-11H2,1-5H3,(H,25,27)(H,24,26,29). The number of carbonyl (C=O) groups excluding carboxylic acids is 1. The maximum absolute atomic E-state index is 12.8. The van der Waals surface area contributed by atoms with Gasteiger partial charge in [0, 0.05) is 23.6 Å². The fourth-order valence-electron chi connectivity index (χ4n) is 4.08. The number of nitrogens with zero attached hydrogens (tertiary/aromatic N) is 3. The van der Waals surface area contributed by atoms with Crippen LogP contribution in [0.5, 0.6) is 0 Å². The molecule has 1 amide bonds. The average Bonchev–Trinajstić information content (AvgIpc) is 3.20. The lowest BCUT2D eigenvalue weighted by molar-refractivity contribution is -0.121. The Morgan fingerprint density at radius 1 is 1.24 bits per heavy atom. The number of anilines is 2. The zero-order chi connectivity index (χ0) is 24.0. The summed E-state index contributed by atoms with van der Waals surface area (Å²) in [5.74, 6) is 0.384. The smallest absolute Gasteiger partial charge is 0.286 e. The number of likely N-dealkylation sites (tertiary alicyclic amines) is 1. The number of fused-ring (bicyclic) bond motifs is 1. The van der Waals surface area contributed by atoms with Crippen molar-refractivity contribution in [3.63, 3.8) is 0 Å². The molecule has 2 N–H and O–H groups in total. The van der Waals surface area contributed by atoms with Gasteiger partial charge in [-0.1, -0.05) is 31.3 Å². The Kier molecular flexibility index (Phi) is 6.36. The highest BCUT2D eigenvalue weighted by Gasteiger charge is 2.31. The first-order chi connectivity index (χ1) is 15.4. The van der Waals surface area contributed by atoms with Gasteiger partial charge in [0.15, 0.2) is 5.13 Å². The van der Waals surface area contributed by atoms with Crippen LogP contribution < -0.4 is 10.6 Å². The second kappa shape index (κ2) is 8.81. The molecule has 33 heavy (non-hydrogen) atoms. The molecule has 0 atom stereocenters. The first-order valence-corrected chi connectivity index (χ1v) is 13.5. The zero-order valence-corrected chi connectivity index (χ0v) is 21.3. The van der Waals surface area contributed by atoms with Gasteiger partial charge in [0.25, 0.3) is 10.0 Å². The number of benzene rings is 1. The third-order valence-corrected chi connectivity index (χ3v) is 8.43. The van der Waals surface area contributed by atoms with Crippen molar-refractivity contribution in [2.45, 2.75) is 57.9 Å². The fourth-order valence-corrected chi connectivity index (χ4v) is 6.14. The molecule has 2 aliphatic heterocycles. The molecule has 178 valence electrons. The van der Waals surface area contributed by atoms with Gasteiger partial charge in [0.05, 0.1) is 10.6 Å². The first-order valence-electron chi connectivity index (χ1n) is 11.2. The van der Waals surface area contributed by atoms with E-state index in [-0.39, 0.29) is 28.2 Å². The molecule has 8 nitrogen and oxygen atoms in total. The number of nitrogens with one attached hydrogen (secondary N) is 2. The lowest BCUT2D eigenvalue weighted by Crippen LogP contribution is -2.47. The third kappa shape index (κ3) is 5.12. The molecule has 0 bridgehead atoms. The van der Waals surface area contributed by atoms with E-state index in [1.165, 1.54) is 11.3 Å². The SMILES string of the molecule is CC(C)C1=NS(=O)(=O)c2ccc(-c3cnc(NC(=O)C4CCN(C(C)(C)C)CC4)s3)cc2N1. The summed E-state index contributed by atoms with van der Waals surface area (Å²) >= 11 is 1.38. The predicted octanol–water partition coefficient (Wildman–Crippen LogP) is 4.43. The van der Waals surface area contributed by atoms with Gasteiger partial charge in [-0.2, -0.15) is 8.42 Å². The molecule has 1 aromatic carbocycles. The van der Waals surface area contributed by atoms with Crippen LogP contribution in [0.25, 0.3) is 10.4 Å². The minimum absolute atomic E-state index is 0.0113. The van der Waals surface area contributed by atoms with E-state index in [4.69, 9.17) is 0 Å². The number of thiazole rings is 1. The second-order valence-corrected chi connectivity index (χ2v) is 12.5. The average molecular weight is 490 g/mol. The molecule has 10 heteroatoms. The number of hydrogen-bond donors (Lipinski definition) is 2. The largest absolute Gasteiger partial charge is 0.342 e. The predicted molar refractivity (Wildman–Crippen MR) is 133 cm³/mol. The van der Waals surface area contributed by atoms with Crippen LogP contribution in [0.3, 0.4) is 0 Å². The van der Waals surface area contributed by atoms with Crippen LogP contribution in [-0.2, 0) is 14.8 Å². The molecule has 0 aliphatic carbocycles. The summed E-state index contributed by atoms with van der Waals surface area (Å²) in [5, 5.41) is 6.66. The highest BCUT2D eigenvalue weighted by molar-refractivity contribution is 7.90. The number of sulfonamides is 1. The molecule has 1 fully saturated rings. The Labute approximate surface area is 199 Å². The Morgan fingerprint density at radius 2 is 1.94 bits per heavy atom. The summed E-state index contributed by atoms with van der Waals surface area (Å²) < 4.78 is 28.9. The van der Waals surface area contributed by atoms with Crippen LogP contribution in [0.15, 0.2) is 33.7 Å². The van der Waals surface area contributed by atoms with E-state index < -0.39 is 10.0 Å². The molecule has 1 saturated heterocycles. The van der Waals surface area contributed by atoms with E-state index in [1.807, 2.05) is 13.8 Å². The minimum atomic E-state index is -3.72. The maximum Gasteiger partial charge on any atom is 0.286 e. The van der Waals surface area contributed by atoms with Gasteiger partial charge < -0.3 is 10.6 Å². The van der Waals surface area contributed by atoms with E-state index in [9.17, 15) is 13.2 Å². The Hall–Kier alpha value is -2.30. The van der Waals surface area contributed by atoms with Gasteiger partial charge in [-0.05, 0) is 64.4 Å². The van der Waals surface area contributed by atoms with E-state index in [0.29, 0.717) is 16.7 Å². The second-order valence-electron chi connectivity index (χ2n) is 9.89. The fraction of sp³-hybridized carbons (Fsp3) is 0.522. The van der Waals surface area contributed by atoms with E-state index in [1.54, 1.807) is 24.4 Å². The molecule has 0 unspecified atom stereocenters. The van der Waals surface area contributed by atoms with Crippen molar-refractivity contribution in [3.8, 4) is 10.4 Å². The highest BCUT2D eigenvalue weighted by Crippen LogP contribution is 2.36. The number of aromatic nitrogens is 1. The first kappa shape index (κ1) is 23.8. The van der Waals surface area contributed by atoms with Gasteiger partial charge >= 0.3 is 0 Å². The molecule has 0 saturated carbocycles. The van der Waals surface area contributed by atoms with Gasteiger partial charge in [0.2, 0.25) is 5.91 Å². The normalized spacial score (nSPS) is 19.0.